The predicted molar refractivity (Wildman–Crippen MR) is 143 cm³/mol. The fraction of sp³-hybridized carbons (Fsp3) is 0.222. The van der Waals surface area contributed by atoms with Crippen LogP contribution >= 0.6 is 0 Å². The van der Waals surface area contributed by atoms with Crippen LogP contribution in [0.3, 0.4) is 0 Å². The Hall–Kier alpha value is -0.742. The Morgan fingerprint density at radius 2 is 0.750 bits per heavy atom. The first-order valence-corrected chi connectivity index (χ1v) is 23.8. The van der Waals surface area contributed by atoms with Crippen molar-refractivity contribution in [1.82, 2.24) is 0 Å². The van der Waals surface area contributed by atoms with E-state index in [1.165, 1.54) is 39.9 Å². The van der Waals surface area contributed by atoms with Crippen LogP contribution in [0.4, 0.5) is 0 Å². The zero-order valence-corrected chi connectivity index (χ0v) is 27.1. The van der Waals surface area contributed by atoms with E-state index in [-0.39, 0.29) is 0 Å². The minimum absolute atomic E-state index is 0.306. The molecule has 0 aliphatic carbocycles. The molecule has 5 aliphatic rings. The van der Waals surface area contributed by atoms with Crippen molar-refractivity contribution in [1.29, 1.82) is 0 Å². The molecule has 0 aromatic heterocycles. The summed E-state index contributed by atoms with van der Waals surface area (Å²) < 4.78 is 70.8. The summed E-state index contributed by atoms with van der Waals surface area (Å²) in [4.78, 5) is 0. The summed E-state index contributed by atoms with van der Waals surface area (Å²) in [6.45, 7) is 29.9. The molecule has 0 aromatic rings. The topological polar surface area (TPSA) is 102 Å². The van der Waals surface area contributed by atoms with Crippen molar-refractivity contribution in [2.45, 2.75) is 19.8 Å². The molecule has 6 bridgehead atoms. The highest BCUT2D eigenvalue weighted by molar-refractivity contribution is 7.06. The van der Waals surface area contributed by atoms with E-state index in [2.05, 4.69) is 46.1 Å². The van der Waals surface area contributed by atoms with Crippen LogP contribution in [-0.4, -0.2) is 68.2 Å². The number of unbranched alkanes of at least 4 members (excludes halogenated alkanes) is 1. The van der Waals surface area contributed by atoms with Gasteiger partial charge < -0.3 is 45.6 Å². The van der Waals surface area contributed by atoms with Gasteiger partial charge in [-0.3, -0.25) is 0 Å². The van der Waals surface area contributed by atoms with Crippen LogP contribution in [0.5, 0.6) is 0 Å². The molecule has 196 valence electrons. The maximum atomic E-state index is 6.57. The number of hydrogen-bond donors (Lipinski definition) is 0. The van der Waals surface area contributed by atoms with Crippen molar-refractivity contribution < 1.29 is 45.6 Å². The SMILES string of the molecule is C=C[Si]1(OCCCC)O[Si]2(C=C)O[Si]3(C=C)O[Si](C=C)(O2)O[Si]2(C=C)O[Si](C=C)(O1)O[Si](C=C)(O2)O3. The van der Waals surface area contributed by atoms with Crippen LogP contribution in [0.1, 0.15) is 19.8 Å². The van der Waals surface area contributed by atoms with Gasteiger partial charge in [-0.25, -0.2) is 0 Å². The van der Waals surface area contributed by atoms with Gasteiger partial charge in [0.1, 0.15) is 0 Å². The molecular weight excluding hydrogens is 589 g/mol. The van der Waals surface area contributed by atoms with Crippen molar-refractivity contribution >= 4 is 61.6 Å². The van der Waals surface area contributed by atoms with Gasteiger partial charge in [-0.2, -0.15) is 0 Å². The molecule has 0 amide bonds. The average molecular weight is 619 g/mol. The molecule has 5 rings (SSSR count). The van der Waals surface area contributed by atoms with E-state index in [0.29, 0.717) is 6.61 Å². The van der Waals surface area contributed by atoms with Gasteiger partial charge in [0.05, 0.1) is 0 Å². The zero-order valence-electron chi connectivity index (χ0n) is 20.1. The Morgan fingerprint density at radius 1 is 0.472 bits per heavy atom. The largest absolute Gasteiger partial charge is 0.514 e. The van der Waals surface area contributed by atoms with Gasteiger partial charge in [0.25, 0.3) is 0 Å². The Kier molecular flexibility index (Phi) is 7.68. The Balaban J connectivity index is 2.05. The van der Waals surface area contributed by atoms with Crippen LogP contribution in [0.15, 0.2) is 85.9 Å². The highest BCUT2D eigenvalue weighted by Gasteiger charge is 2.79. The molecule has 0 aromatic carbocycles. The molecule has 0 spiro atoms. The van der Waals surface area contributed by atoms with Crippen LogP contribution in [-0.2, 0) is 45.6 Å². The van der Waals surface area contributed by atoms with E-state index in [4.69, 9.17) is 45.6 Å². The van der Waals surface area contributed by atoms with Gasteiger partial charge in [0.15, 0.2) is 0 Å². The second kappa shape index (κ2) is 9.78. The normalized spacial score (nSPS) is 47.4. The summed E-state index contributed by atoms with van der Waals surface area (Å²) >= 11 is 0. The summed E-state index contributed by atoms with van der Waals surface area (Å²) in [5.41, 5.74) is 10.1. The third kappa shape index (κ3) is 4.65. The van der Waals surface area contributed by atoms with Gasteiger partial charge in [0, 0.05) is 6.61 Å². The number of fused-ring (bicyclic) bond motifs is 2. The maximum Gasteiger partial charge on any atom is 0.514 e. The van der Waals surface area contributed by atoms with Crippen molar-refractivity contribution in [3.63, 3.8) is 0 Å². The predicted octanol–water partition coefficient (Wildman–Crippen LogP) is 2.67. The van der Waals surface area contributed by atoms with E-state index in [1.807, 2.05) is 6.92 Å². The van der Waals surface area contributed by atoms with Crippen LogP contribution in [0.25, 0.3) is 0 Å². The fourth-order valence-electron chi connectivity index (χ4n) is 3.69. The average Bonchev–Trinajstić information content (AvgIpc) is 2.87. The molecule has 5 saturated heterocycles. The lowest BCUT2D eigenvalue weighted by Gasteiger charge is -2.58. The number of hydrogen-bond acceptors (Lipinski definition) is 11. The van der Waals surface area contributed by atoms with Crippen molar-refractivity contribution in [2.24, 2.45) is 0 Å². The number of rotatable bonds is 11. The molecule has 11 nitrogen and oxygen atoms in total. The second-order valence-corrected chi connectivity index (χ2v) is 27.6. The van der Waals surface area contributed by atoms with Gasteiger partial charge in [-0.05, 0) is 46.3 Å². The Labute approximate surface area is 219 Å². The summed E-state index contributed by atoms with van der Waals surface area (Å²) in [6, 6.07) is 0. The Morgan fingerprint density at radius 3 is 0.972 bits per heavy atom. The van der Waals surface area contributed by atoms with Crippen LogP contribution in [0.2, 0.25) is 0 Å². The van der Waals surface area contributed by atoms with E-state index in [0.717, 1.165) is 12.8 Å². The van der Waals surface area contributed by atoms with Crippen molar-refractivity contribution in [3.05, 3.63) is 85.9 Å². The van der Waals surface area contributed by atoms with Crippen molar-refractivity contribution in [2.75, 3.05) is 6.61 Å². The molecule has 36 heavy (non-hydrogen) atoms. The monoisotopic (exact) mass is 618 g/mol. The molecule has 5 heterocycles. The molecule has 5 fully saturated rings. The highest BCUT2D eigenvalue weighted by Crippen LogP contribution is 2.47. The fourth-order valence-corrected chi connectivity index (χ4v) is 37.5. The molecule has 0 atom stereocenters. The van der Waals surface area contributed by atoms with Crippen LogP contribution in [0, 0.1) is 0 Å². The summed E-state index contributed by atoms with van der Waals surface area (Å²) in [5.74, 6) is 0. The minimum Gasteiger partial charge on any atom is -0.371 e. The highest BCUT2D eigenvalue weighted by atomic mass is 28.6. The second-order valence-electron chi connectivity index (χ2n) is 7.88. The summed E-state index contributed by atoms with van der Waals surface area (Å²) in [5, 5.41) is 0. The standard InChI is InChI=1S/C18H30O11Si7/c1-9-17-18-19-30(10-2)20-31(11-3)22-33(13-5)26-34(14-6,23-31)29-36(16-8)25-32(12-4,21-30)24-35(15-7,27-36)28-33/h10-16H,2-9,17-18H2,1H3. The third-order valence-corrected chi connectivity index (χ3v) is 32.3. The molecule has 0 N–H and O–H groups in total. The molecule has 0 unspecified atom stereocenters. The lowest BCUT2D eigenvalue weighted by Crippen LogP contribution is -2.85. The van der Waals surface area contributed by atoms with E-state index < -0.39 is 61.6 Å². The van der Waals surface area contributed by atoms with Crippen molar-refractivity contribution in [3.8, 4) is 0 Å². The molecule has 0 radical (unpaired) electrons. The molecule has 0 saturated carbocycles. The molecule has 18 heteroatoms. The molecular formula is C18H30O11Si7. The maximum absolute atomic E-state index is 6.57. The smallest absolute Gasteiger partial charge is 0.371 e. The lowest BCUT2D eigenvalue weighted by molar-refractivity contribution is -0.000477. The Bertz CT molecular complexity index is 888. The van der Waals surface area contributed by atoms with E-state index in [1.54, 1.807) is 0 Å². The van der Waals surface area contributed by atoms with E-state index in [9.17, 15) is 0 Å². The summed E-state index contributed by atoms with van der Waals surface area (Å²) in [7, 11) is -27.5. The zero-order chi connectivity index (χ0) is 26.3. The van der Waals surface area contributed by atoms with Crippen LogP contribution < -0.4 is 0 Å². The first-order chi connectivity index (χ1) is 17.1. The van der Waals surface area contributed by atoms with Gasteiger partial charge in [-0.15, -0.1) is 39.5 Å². The minimum atomic E-state index is -3.97. The first-order valence-electron chi connectivity index (χ1n) is 11.2. The van der Waals surface area contributed by atoms with E-state index >= 15 is 0 Å². The van der Waals surface area contributed by atoms with Gasteiger partial charge in [0.2, 0.25) is 0 Å². The van der Waals surface area contributed by atoms with Gasteiger partial charge >= 0.3 is 61.6 Å². The summed E-state index contributed by atoms with van der Waals surface area (Å²) in [6.07, 6.45) is 1.60. The molecule has 5 aliphatic heterocycles. The quantitative estimate of drug-likeness (QED) is 0.252. The first kappa shape index (κ1) is 28.3. The third-order valence-electron chi connectivity index (χ3n) is 5.40. The van der Waals surface area contributed by atoms with Gasteiger partial charge in [-0.1, -0.05) is 19.9 Å². The lowest BCUT2D eigenvalue weighted by atomic mass is 10.4.